The van der Waals surface area contributed by atoms with Gasteiger partial charge in [-0.1, -0.05) is 0 Å². The fourth-order valence-corrected chi connectivity index (χ4v) is 0.996. The van der Waals surface area contributed by atoms with Crippen molar-refractivity contribution >= 4 is 21.6 Å². The van der Waals surface area contributed by atoms with Gasteiger partial charge in [-0.05, 0) is 19.4 Å². The molecule has 0 radical (unpaired) electrons. The molecule has 0 aliphatic rings. The fourth-order valence-electron chi connectivity index (χ4n) is 0.332. The molecule has 0 aliphatic carbocycles. The summed E-state index contributed by atoms with van der Waals surface area (Å²) in [5, 5.41) is 1.72. The molecule has 0 spiro atoms. The Kier molecular flexibility index (Phi) is 2.92. The highest BCUT2D eigenvalue weighted by Crippen LogP contribution is 1.93. The Labute approximate surface area is 46.7 Å². The second-order valence-corrected chi connectivity index (χ2v) is 3.60. The first kappa shape index (κ1) is 6.89. The molecule has 0 saturated carbocycles. The zero-order chi connectivity index (χ0) is 5.86. The molecule has 0 aromatic heterocycles. The van der Waals surface area contributed by atoms with E-state index in [4.69, 9.17) is 0 Å². The lowest BCUT2D eigenvalue weighted by Crippen LogP contribution is -1.88. The van der Waals surface area contributed by atoms with Gasteiger partial charge in [-0.15, -0.1) is 0 Å². The predicted octanol–water partition coefficient (Wildman–Crippen LogP) is 0.906. The van der Waals surface area contributed by atoms with Gasteiger partial charge in [0.05, 0.1) is 0 Å². The summed E-state index contributed by atoms with van der Waals surface area (Å²) >= 11 is 0. The van der Waals surface area contributed by atoms with Gasteiger partial charge in [0.1, 0.15) is 0 Å². The van der Waals surface area contributed by atoms with E-state index in [0.717, 1.165) is 0 Å². The normalized spacial score (nSPS) is 9.14. The van der Waals surface area contributed by atoms with Crippen molar-refractivity contribution in [3.8, 4) is 0 Å². The fraction of sp³-hybridized carbons (Fsp3) is 0.600. The molecule has 0 N–H and O–H groups in total. The lowest BCUT2D eigenvalue weighted by molar-refractivity contribution is -0.110. The maximum atomic E-state index is 10.2. The maximum Gasteiger partial charge on any atom is 0.158 e. The highest BCUT2D eigenvalue weighted by molar-refractivity contribution is 8.14. The molecule has 0 aromatic rings. The lowest BCUT2D eigenvalue weighted by atomic mass is 10.5. The molecule has 0 atom stereocenters. The standard InChI is InChI=1S/C5H10OS/c1-5(6)4-7(2)3/h4H,1-3H3. The summed E-state index contributed by atoms with van der Waals surface area (Å²) in [5.41, 5.74) is 0. The summed E-state index contributed by atoms with van der Waals surface area (Å²) in [5.74, 6) is 0.174. The molecule has 7 heavy (non-hydrogen) atoms. The van der Waals surface area contributed by atoms with Crippen molar-refractivity contribution < 1.29 is 4.79 Å². The molecule has 0 aliphatic heterocycles. The second-order valence-electron chi connectivity index (χ2n) is 1.61. The Balaban J connectivity index is 3.68. The topological polar surface area (TPSA) is 17.1 Å². The van der Waals surface area contributed by atoms with Gasteiger partial charge in [-0.3, -0.25) is 4.79 Å². The molecule has 2 heteroatoms. The molecule has 0 heterocycles. The van der Waals surface area contributed by atoms with Crippen molar-refractivity contribution in [3.63, 3.8) is 0 Å². The third-order valence-electron chi connectivity index (χ3n) is 0.402. The van der Waals surface area contributed by atoms with E-state index in [0.29, 0.717) is 0 Å². The van der Waals surface area contributed by atoms with Gasteiger partial charge in [0.2, 0.25) is 0 Å². The Bertz CT molecular complexity index is 101. The molecule has 0 fully saturated rings. The molecule has 0 bridgehead atoms. The molecule has 0 amide bonds. The van der Waals surface area contributed by atoms with Gasteiger partial charge in [-0.2, -0.15) is 10.5 Å². The van der Waals surface area contributed by atoms with Crippen LogP contribution in [0.25, 0.3) is 0 Å². The molecule has 0 saturated heterocycles. The summed E-state index contributed by atoms with van der Waals surface area (Å²) in [7, 11) is 0.180. The van der Waals surface area contributed by atoms with E-state index >= 15 is 0 Å². The Morgan fingerprint density at radius 1 is 1.57 bits per heavy atom. The average Bonchev–Trinajstić information content (AvgIpc) is 1.27. The van der Waals surface area contributed by atoms with Crippen LogP contribution >= 0.6 is 10.5 Å². The minimum Gasteiger partial charge on any atom is -0.295 e. The quantitative estimate of drug-likeness (QED) is 0.468. The van der Waals surface area contributed by atoms with Crippen LogP contribution in [-0.2, 0) is 4.79 Å². The first-order valence-electron chi connectivity index (χ1n) is 2.04. The summed E-state index contributed by atoms with van der Waals surface area (Å²) in [6, 6.07) is 0. The number of Topliss-reactive ketones (excluding diaryl/α,β-unsaturated/α-hetero) is 1. The van der Waals surface area contributed by atoms with Crippen LogP contribution in [0.15, 0.2) is 0 Å². The van der Waals surface area contributed by atoms with Crippen molar-refractivity contribution in [2.45, 2.75) is 6.92 Å². The Morgan fingerprint density at radius 3 is 2.00 bits per heavy atom. The van der Waals surface area contributed by atoms with Crippen LogP contribution < -0.4 is 0 Å². The van der Waals surface area contributed by atoms with Gasteiger partial charge in [0.25, 0.3) is 0 Å². The van der Waals surface area contributed by atoms with Crippen molar-refractivity contribution in [2.75, 3.05) is 12.5 Å². The van der Waals surface area contributed by atoms with Crippen LogP contribution in [0.3, 0.4) is 0 Å². The van der Waals surface area contributed by atoms with Gasteiger partial charge in [0, 0.05) is 5.37 Å². The van der Waals surface area contributed by atoms with Crippen LogP contribution in [0, 0.1) is 0 Å². The van der Waals surface area contributed by atoms with Crippen molar-refractivity contribution in [1.82, 2.24) is 0 Å². The highest BCUT2D eigenvalue weighted by Gasteiger charge is 1.79. The summed E-state index contributed by atoms with van der Waals surface area (Å²) in [6.07, 6.45) is 4.03. The molecular weight excluding hydrogens is 108 g/mol. The van der Waals surface area contributed by atoms with Crippen molar-refractivity contribution in [1.29, 1.82) is 0 Å². The largest absolute Gasteiger partial charge is 0.295 e. The number of hydrogen-bond acceptors (Lipinski definition) is 1. The molecule has 42 valence electrons. The van der Waals surface area contributed by atoms with Gasteiger partial charge < -0.3 is 0 Å². The molecular formula is C5H10OS. The van der Waals surface area contributed by atoms with Gasteiger partial charge in [0.15, 0.2) is 5.78 Å². The number of carbonyl (C=O) groups excluding carboxylic acids is 1. The first-order valence-corrected chi connectivity index (χ1v) is 4.15. The molecule has 1 nitrogen and oxygen atoms in total. The van der Waals surface area contributed by atoms with E-state index in [9.17, 15) is 4.79 Å². The van der Waals surface area contributed by atoms with Gasteiger partial charge >= 0.3 is 0 Å². The number of carbonyl (C=O) groups is 1. The summed E-state index contributed by atoms with van der Waals surface area (Å²) in [4.78, 5) is 10.2. The van der Waals surface area contributed by atoms with E-state index in [1.165, 1.54) is 0 Å². The van der Waals surface area contributed by atoms with E-state index in [1.54, 1.807) is 12.3 Å². The monoisotopic (exact) mass is 118 g/mol. The molecule has 0 aromatic carbocycles. The highest BCUT2D eigenvalue weighted by atomic mass is 32.2. The summed E-state index contributed by atoms with van der Waals surface area (Å²) < 4.78 is 0. The zero-order valence-corrected chi connectivity index (χ0v) is 5.71. The first-order chi connectivity index (χ1) is 3.13. The van der Waals surface area contributed by atoms with Gasteiger partial charge in [-0.25, -0.2) is 0 Å². The lowest BCUT2D eigenvalue weighted by Gasteiger charge is -1.83. The zero-order valence-electron chi connectivity index (χ0n) is 4.89. The minimum atomic E-state index is 0.174. The molecule has 0 rings (SSSR count). The van der Waals surface area contributed by atoms with E-state index in [2.05, 4.69) is 0 Å². The number of ketones is 1. The second kappa shape index (κ2) is 2.97. The van der Waals surface area contributed by atoms with Crippen LogP contribution in [0.1, 0.15) is 6.92 Å². The van der Waals surface area contributed by atoms with Crippen LogP contribution in [0.5, 0.6) is 0 Å². The van der Waals surface area contributed by atoms with Crippen LogP contribution in [0.4, 0.5) is 0 Å². The van der Waals surface area contributed by atoms with Crippen LogP contribution in [0.2, 0.25) is 0 Å². The van der Waals surface area contributed by atoms with E-state index in [-0.39, 0.29) is 16.3 Å². The summed E-state index contributed by atoms with van der Waals surface area (Å²) in [6.45, 7) is 1.58. The van der Waals surface area contributed by atoms with Crippen molar-refractivity contribution in [2.24, 2.45) is 0 Å². The van der Waals surface area contributed by atoms with E-state index < -0.39 is 0 Å². The van der Waals surface area contributed by atoms with E-state index in [1.807, 2.05) is 12.5 Å². The van der Waals surface area contributed by atoms with Crippen LogP contribution in [-0.4, -0.2) is 23.7 Å². The number of hydrogen-bond donors (Lipinski definition) is 0. The number of rotatable bonds is 1. The third-order valence-corrected chi connectivity index (χ3v) is 1.20. The van der Waals surface area contributed by atoms with Crippen molar-refractivity contribution in [3.05, 3.63) is 0 Å². The smallest absolute Gasteiger partial charge is 0.158 e. The molecule has 0 unspecified atom stereocenters. The minimum absolute atomic E-state index is 0.174. The predicted molar refractivity (Wildman–Crippen MR) is 36.2 cm³/mol. The Hall–Kier alpha value is -0.110. The SMILES string of the molecule is CC(=O)C=S(C)C. The average molecular weight is 118 g/mol. The maximum absolute atomic E-state index is 10.2. The Morgan fingerprint density at radius 2 is 2.00 bits per heavy atom. The third kappa shape index (κ3) is 5.89.